The largest absolute Gasteiger partial charge is 0.494 e. The number of piperazine rings is 1. The fraction of sp³-hybridized carbons (Fsp3) is 0.533. The summed E-state index contributed by atoms with van der Waals surface area (Å²) in [6.07, 6.45) is 0. The number of nitrogens with one attached hydrogen (secondary N) is 1. The Kier molecular flexibility index (Phi) is 7.93. The van der Waals surface area contributed by atoms with Crippen LogP contribution in [0.5, 0.6) is 5.75 Å². The minimum absolute atomic E-state index is 0. The zero-order valence-electron chi connectivity index (χ0n) is 12.5. The summed E-state index contributed by atoms with van der Waals surface area (Å²) in [6, 6.07) is 8.19. The second-order valence-corrected chi connectivity index (χ2v) is 5.88. The molecule has 1 atom stereocenters. The molecule has 0 aliphatic carbocycles. The molecule has 0 unspecified atom stereocenters. The maximum Gasteiger partial charge on any atom is 0.233 e. The molecule has 2 rings (SSSR count). The molecule has 1 saturated heterocycles. The maximum atomic E-state index is 12.2. The highest BCUT2D eigenvalue weighted by Gasteiger charge is 2.22. The first-order chi connectivity index (χ1) is 9.70. The van der Waals surface area contributed by atoms with E-state index in [1.807, 2.05) is 36.1 Å². The number of hydrogen-bond acceptors (Lipinski definition) is 4. The highest BCUT2D eigenvalue weighted by Crippen LogP contribution is 2.22. The Hall–Kier alpha value is -0.910. The van der Waals surface area contributed by atoms with Gasteiger partial charge in [0.2, 0.25) is 5.91 Å². The van der Waals surface area contributed by atoms with Gasteiger partial charge in [-0.3, -0.25) is 4.79 Å². The normalized spacial score (nSPS) is 18.0. The van der Waals surface area contributed by atoms with Crippen molar-refractivity contribution >= 4 is 30.1 Å². The van der Waals surface area contributed by atoms with Gasteiger partial charge in [0.1, 0.15) is 5.75 Å². The number of carbonyl (C=O) groups is 1. The fourth-order valence-corrected chi connectivity index (χ4v) is 3.02. The van der Waals surface area contributed by atoms with E-state index in [2.05, 4.69) is 12.2 Å². The van der Waals surface area contributed by atoms with E-state index in [4.69, 9.17) is 4.74 Å². The van der Waals surface area contributed by atoms with Crippen LogP contribution < -0.4 is 10.1 Å². The number of halogens is 1. The van der Waals surface area contributed by atoms with E-state index in [9.17, 15) is 4.79 Å². The first-order valence-electron chi connectivity index (χ1n) is 7.06. The lowest BCUT2D eigenvalue weighted by molar-refractivity contribution is -0.131. The van der Waals surface area contributed by atoms with E-state index in [1.54, 1.807) is 11.8 Å². The monoisotopic (exact) mass is 330 g/mol. The first-order valence-corrected chi connectivity index (χ1v) is 8.05. The van der Waals surface area contributed by atoms with Gasteiger partial charge in [0.05, 0.1) is 12.4 Å². The summed E-state index contributed by atoms with van der Waals surface area (Å²) in [7, 11) is 0. The van der Waals surface area contributed by atoms with E-state index in [-0.39, 0.29) is 24.4 Å². The lowest BCUT2D eigenvalue weighted by Gasteiger charge is -2.33. The molecule has 0 saturated carbocycles. The molecule has 118 valence electrons. The number of carbonyl (C=O) groups excluding carboxylic acids is 1. The Morgan fingerprint density at radius 3 is 2.76 bits per heavy atom. The summed E-state index contributed by atoms with van der Waals surface area (Å²) in [5.74, 6) is 1.59. The van der Waals surface area contributed by atoms with E-state index in [1.165, 1.54) is 0 Å². The molecule has 21 heavy (non-hydrogen) atoms. The molecular weight excluding hydrogens is 308 g/mol. The summed E-state index contributed by atoms with van der Waals surface area (Å²) in [5.41, 5.74) is 0. The lowest BCUT2D eigenvalue weighted by Crippen LogP contribution is -2.52. The van der Waals surface area contributed by atoms with Gasteiger partial charge >= 0.3 is 0 Å². The molecule has 6 heteroatoms. The van der Waals surface area contributed by atoms with Crippen LogP contribution in [0, 0.1) is 0 Å². The predicted molar refractivity (Wildman–Crippen MR) is 89.6 cm³/mol. The quantitative estimate of drug-likeness (QED) is 0.842. The van der Waals surface area contributed by atoms with Gasteiger partial charge in [0.25, 0.3) is 0 Å². The van der Waals surface area contributed by atoms with Gasteiger partial charge in [-0.1, -0.05) is 0 Å². The van der Waals surface area contributed by atoms with Crippen LogP contribution in [0.3, 0.4) is 0 Å². The number of amides is 1. The molecule has 1 aromatic carbocycles. The van der Waals surface area contributed by atoms with Crippen molar-refractivity contribution in [3.63, 3.8) is 0 Å². The summed E-state index contributed by atoms with van der Waals surface area (Å²) in [5, 5.41) is 3.30. The van der Waals surface area contributed by atoms with Crippen molar-refractivity contribution in [2.45, 2.75) is 24.8 Å². The topological polar surface area (TPSA) is 41.6 Å². The van der Waals surface area contributed by atoms with E-state index >= 15 is 0 Å². The van der Waals surface area contributed by atoms with Crippen LogP contribution in [0.25, 0.3) is 0 Å². The van der Waals surface area contributed by atoms with Crippen LogP contribution >= 0.6 is 24.2 Å². The van der Waals surface area contributed by atoms with Gasteiger partial charge in [0.15, 0.2) is 0 Å². The molecule has 4 nitrogen and oxygen atoms in total. The third-order valence-corrected chi connectivity index (χ3v) is 4.32. The standard InChI is InChI=1S/C15H22N2O2S.ClH/c1-3-19-13-4-6-14(7-5-13)20-11-15(18)17-9-8-16-10-12(17)2;/h4-7,12,16H,3,8-11H2,1-2H3;1H/t12-;/m1./s1. The van der Waals surface area contributed by atoms with Crippen molar-refractivity contribution in [3.8, 4) is 5.75 Å². The van der Waals surface area contributed by atoms with E-state index in [0.717, 1.165) is 30.3 Å². The summed E-state index contributed by atoms with van der Waals surface area (Å²) in [6.45, 7) is 7.32. The molecule has 0 aromatic heterocycles. The third kappa shape index (κ3) is 5.41. The highest BCUT2D eigenvalue weighted by atomic mass is 35.5. The molecule has 1 aromatic rings. The molecule has 0 bridgehead atoms. The Morgan fingerprint density at radius 1 is 1.43 bits per heavy atom. The van der Waals surface area contributed by atoms with Crippen molar-refractivity contribution < 1.29 is 9.53 Å². The van der Waals surface area contributed by atoms with Crippen LogP contribution in [-0.2, 0) is 4.79 Å². The maximum absolute atomic E-state index is 12.2. The number of nitrogens with zero attached hydrogens (tertiary/aromatic N) is 1. The van der Waals surface area contributed by atoms with E-state index in [0.29, 0.717) is 12.4 Å². The molecule has 0 spiro atoms. The number of benzene rings is 1. The van der Waals surface area contributed by atoms with Crippen molar-refractivity contribution in [1.29, 1.82) is 0 Å². The Balaban J connectivity index is 0.00000220. The van der Waals surface area contributed by atoms with Crippen LogP contribution in [0.15, 0.2) is 29.2 Å². The van der Waals surface area contributed by atoms with Crippen LogP contribution in [0.2, 0.25) is 0 Å². The van der Waals surface area contributed by atoms with Gasteiger partial charge in [-0.15, -0.1) is 24.2 Å². The summed E-state index contributed by atoms with van der Waals surface area (Å²) < 4.78 is 5.40. The van der Waals surface area contributed by atoms with Crippen molar-refractivity contribution in [2.75, 3.05) is 32.0 Å². The minimum atomic E-state index is 0. The molecule has 0 radical (unpaired) electrons. The molecule has 1 N–H and O–H groups in total. The average molecular weight is 331 g/mol. The Morgan fingerprint density at radius 2 is 2.14 bits per heavy atom. The molecule has 1 fully saturated rings. The van der Waals surface area contributed by atoms with Crippen LogP contribution in [0.1, 0.15) is 13.8 Å². The average Bonchev–Trinajstić information content (AvgIpc) is 2.47. The molecule has 1 aliphatic rings. The number of thioether (sulfide) groups is 1. The SMILES string of the molecule is CCOc1ccc(SCC(=O)N2CCNC[C@H]2C)cc1.Cl. The Labute approximate surface area is 137 Å². The van der Waals surface area contributed by atoms with Gasteiger partial charge in [0, 0.05) is 30.6 Å². The smallest absolute Gasteiger partial charge is 0.233 e. The van der Waals surface area contributed by atoms with Gasteiger partial charge in [-0.05, 0) is 38.1 Å². The second kappa shape index (κ2) is 9.18. The number of rotatable bonds is 5. The second-order valence-electron chi connectivity index (χ2n) is 4.83. The summed E-state index contributed by atoms with van der Waals surface area (Å²) >= 11 is 1.58. The van der Waals surface area contributed by atoms with Crippen LogP contribution in [0.4, 0.5) is 0 Å². The molecule has 1 amide bonds. The van der Waals surface area contributed by atoms with Gasteiger partial charge in [-0.2, -0.15) is 0 Å². The van der Waals surface area contributed by atoms with Crippen molar-refractivity contribution in [3.05, 3.63) is 24.3 Å². The van der Waals surface area contributed by atoms with E-state index < -0.39 is 0 Å². The zero-order valence-corrected chi connectivity index (χ0v) is 14.1. The van der Waals surface area contributed by atoms with Crippen molar-refractivity contribution in [2.24, 2.45) is 0 Å². The summed E-state index contributed by atoms with van der Waals surface area (Å²) in [4.78, 5) is 15.3. The van der Waals surface area contributed by atoms with Crippen molar-refractivity contribution in [1.82, 2.24) is 10.2 Å². The Bertz CT molecular complexity index is 442. The molecular formula is C15H23ClN2O2S. The number of hydrogen-bond donors (Lipinski definition) is 1. The fourth-order valence-electron chi connectivity index (χ4n) is 2.24. The highest BCUT2D eigenvalue weighted by molar-refractivity contribution is 8.00. The zero-order chi connectivity index (χ0) is 14.4. The van der Waals surface area contributed by atoms with Crippen LogP contribution in [-0.4, -0.2) is 48.8 Å². The first kappa shape index (κ1) is 18.1. The molecule has 1 heterocycles. The number of ether oxygens (including phenoxy) is 1. The minimum Gasteiger partial charge on any atom is -0.494 e. The van der Waals surface area contributed by atoms with Gasteiger partial charge in [-0.25, -0.2) is 0 Å². The molecule has 1 aliphatic heterocycles. The third-order valence-electron chi connectivity index (χ3n) is 3.32. The predicted octanol–water partition coefficient (Wildman–Crippen LogP) is 2.42. The lowest BCUT2D eigenvalue weighted by atomic mass is 10.2. The van der Waals surface area contributed by atoms with Gasteiger partial charge < -0.3 is 15.0 Å².